The molecule has 0 aromatic heterocycles. The highest BCUT2D eigenvalue weighted by molar-refractivity contribution is 7.90. The van der Waals surface area contributed by atoms with E-state index in [1.165, 1.54) is 12.1 Å². The zero-order chi connectivity index (χ0) is 23.2. The zero-order valence-corrected chi connectivity index (χ0v) is 19.9. The number of benzene rings is 1. The lowest BCUT2D eigenvalue weighted by Gasteiger charge is -2.34. The zero-order valence-electron chi connectivity index (χ0n) is 19.1. The van der Waals surface area contributed by atoms with Crippen LogP contribution in [-0.4, -0.2) is 75.4 Å². The summed E-state index contributed by atoms with van der Waals surface area (Å²) in [6.07, 6.45) is 2.70. The highest BCUT2D eigenvalue weighted by Gasteiger charge is 2.31. The summed E-state index contributed by atoms with van der Waals surface area (Å²) in [5.74, 6) is 0.463. The number of rotatable bonds is 7. The number of carbonyl (C=O) groups excluding carboxylic acids is 2. The van der Waals surface area contributed by atoms with Gasteiger partial charge in [0.1, 0.15) is 11.4 Å². The quantitative estimate of drug-likeness (QED) is 0.588. The summed E-state index contributed by atoms with van der Waals surface area (Å²) in [6.45, 7) is 7.45. The summed E-state index contributed by atoms with van der Waals surface area (Å²) in [5, 5.41) is 0. The fraction of sp³-hybridized carbons (Fsp3) is 0.636. The van der Waals surface area contributed by atoms with Crippen LogP contribution >= 0.6 is 0 Å². The number of amides is 2. The van der Waals surface area contributed by atoms with Crippen LogP contribution in [0, 0.1) is 5.92 Å². The van der Waals surface area contributed by atoms with Gasteiger partial charge in [0.2, 0.25) is 5.91 Å². The predicted molar refractivity (Wildman–Crippen MR) is 118 cm³/mol. The lowest BCUT2D eigenvalue weighted by atomic mass is 9.95. The second kappa shape index (κ2) is 10.3. The maximum absolute atomic E-state index is 12.7. The van der Waals surface area contributed by atoms with Crippen molar-refractivity contribution in [3.05, 3.63) is 24.3 Å². The first-order valence-corrected chi connectivity index (χ1v) is 12.4. The molecule has 0 aliphatic carbocycles. The van der Waals surface area contributed by atoms with E-state index in [0.717, 1.165) is 6.26 Å². The molecular formula is C22H34N2O6S. The molecule has 1 fully saturated rings. The Bertz CT molecular complexity index is 870. The van der Waals surface area contributed by atoms with Gasteiger partial charge in [-0.1, -0.05) is 6.07 Å². The van der Waals surface area contributed by atoms with Crippen LogP contribution in [0.4, 0.5) is 4.79 Å². The van der Waals surface area contributed by atoms with Gasteiger partial charge in [0, 0.05) is 38.9 Å². The molecule has 1 saturated heterocycles. The van der Waals surface area contributed by atoms with E-state index in [2.05, 4.69) is 0 Å². The fourth-order valence-corrected chi connectivity index (χ4v) is 4.00. The van der Waals surface area contributed by atoms with Gasteiger partial charge in [-0.15, -0.1) is 0 Å². The minimum Gasteiger partial charge on any atom is -0.493 e. The van der Waals surface area contributed by atoms with E-state index in [-0.39, 0.29) is 22.8 Å². The summed E-state index contributed by atoms with van der Waals surface area (Å²) < 4.78 is 34.3. The standard InChI is InChI=1S/C22H34N2O6S/c1-22(2,3)30-21(26)24-13-10-17(11-14-24)20(25)23(4)12-7-15-29-18-8-6-9-19(16-18)31(5,27)28/h6,8-9,16-17H,7,10-15H2,1-5H3. The summed E-state index contributed by atoms with van der Waals surface area (Å²) in [6, 6.07) is 6.39. The molecule has 0 N–H and O–H groups in total. The van der Waals surface area contributed by atoms with Crippen LogP contribution in [0.1, 0.15) is 40.0 Å². The second-order valence-electron chi connectivity index (χ2n) is 8.95. The molecular weight excluding hydrogens is 420 g/mol. The van der Waals surface area contributed by atoms with Crippen LogP contribution in [0.25, 0.3) is 0 Å². The molecule has 0 atom stereocenters. The van der Waals surface area contributed by atoms with Crippen molar-refractivity contribution in [2.24, 2.45) is 5.92 Å². The van der Waals surface area contributed by atoms with Gasteiger partial charge in [-0.3, -0.25) is 4.79 Å². The smallest absolute Gasteiger partial charge is 0.410 e. The number of hydrogen-bond donors (Lipinski definition) is 0. The van der Waals surface area contributed by atoms with Crippen LogP contribution in [0.3, 0.4) is 0 Å². The Kier molecular flexibility index (Phi) is 8.34. The van der Waals surface area contributed by atoms with E-state index in [9.17, 15) is 18.0 Å². The molecule has 0 radical (unpaired) electrons. The summed E-state index contributed by atoms with van der Waals surface area (Å²) in [7, 11) is -1.51. The molecule has 8 nitrogen and oxygen atoms in total. The third-order valence-electron chi connectivity index (χ3n) is 5.01. The highest BCUT2D eigenvalue weighted by atomic mass is 32.2. The molecule has 1 aromatic rings. The molecule has 31 heavy (non-hydrogen) atoms. The Morgan fingerprint density at radius 3 is 2.42 bits per heavy atom. The van der Waals surface area contributed by atoms with Crippen LogP contribution in [0.5, 0.6) is 5.75 Å². The number of piperidine rings is 1. The van der Waals surface area contributed by atoms with Gasteiger partial charge in [-0.25, -0.2) is 13.2 Å². The van der Waals surface area contributed by atoms with Gasteiger partial charge in [-0.05, 0) is 58.2 Å². The van der Waals surface area contributed by atoms with Gasteiger partial charge in [0.05, 0.1) is 11.5 Å². The molecule has 2 amide bonds. The Morgan fingerprint density at radius 1 is 1.19 bits per heavy atom. The molecule has 1 heterocycles. The molecule has 1 aromatic carbocycles. The van der Waals surface area contributed by atoms with E-state index >= 15 is 0 Å². The average molecular weight is 455 g/mol. The summed E-state index contributed by atoms with van der Waals surface area (Å²) >= 11 is 0. The van der Waals surface area contributed by atoms with E-state index in [1.807, 2.05) is 20.8 Å². The van der Waals surface area contributed by atoms with E-state index in [1.54, 1.807) is 29.0 Å². The van der Waals surface area contributed by atoms with Gasteiger partial charge in [0.25, 0.3) is 0 Å². The highest BCUT2D eigenvalue weighted by Crippen LogP contribution is 2.22. The monoisotopic (exact) mass is 454 g/mol. The van der Waals surface area contributed by atoms with Crippen LogP contribution in [-0.2, 0) is 19.4 Å². The normalized spacial score (nSPS) is 15.5. The maximum atomic E-state index is 12.7. The SMILES string of the molecule is CN(CCCOc1cccc(S(C)(=O)=O)c1)C(=O)C1CCN(C(=O)OC(C)(C)C)CC1. The molecule has 0 bridgehead atoms. The molecule has 174 valence electrons. The molecule has 1 aliphatic rings. The van der Waals surface area contributed by atoms with Crippen molar-refractivity contribution in [3.63, 3.8) is 0 Å². The van der Waals surface area contributed by atoms with Crippen LogP contribution < -0.4 is 4.74 Å². The third kappa shape index (κ3) is 8.05. The number of hydrogen-bond acceptors (Lipinski definition) is 6. The number of ether oxygens (including phenoxy) is 2. The van der Waals surface area contributed by atoms with E-state index in [4.69, 9.17) is 9.47 Å². The Morgan fingerprint density at radius 2 is 1.84 bits per heavy atom. The molecule has 9 heteroatoms. The maximum Gasteiger partial charge on any atom is 0.410 e. The molecule has 0 saturated carbocycles. The molecule has 1 aliphatic heterocycles. The van der Waals surface area contributed by atoms with Crippen molar-refractivity contribution < 1.29 is 27.5 Å². The predicted octanol–water partition coefficient (Wildman–Crippen LogP) is 2.96. The first kappa shape index (κ1) is 25.0. The molecule has 0 spiro atoms. The van der Waals surface area contributed by atoms with Crippen molar-refractivity contribution in [2.75, 3.05) is 39.5 Å². The van der Waals surface area contributed by atoms with Crippen molar-refractivity contribution in [1.82, 2.24) is 9.80 Å². The lowest BCUT2D eigenvalue weighted by Crippen LogP contribution is -2.45. The first-order valence-electron chi connectivity index (χ1n) is 10.5. The van der Waals surface area contributed by atoms with Crippen molar-refractivity contribution in [2.45, 2.75) is 50.5 Å². The van der Waals surface area contributed by atoms with Crippen LogP contribution in [0.2, 0.25) is 0 Å². The average Bonchev–Trinajstić information content (AvgIpc) is 2.69. The number of likely N-dealkylation sites (tertiary alicyclic amines) is 1. The van der Waals surface area contributed by atoms with Crippen molar-refractivity contribution in [3.8, 4) is 5.75 Å². The Labute approximate surface area is 185 Å². The van der Waals surface area contributed by atoms with Gasteiger partial charge in [0.15, 0.2) is 9.84 Å². The van der Waals surface area contributed by atoms with E-state index in [0.29, 0.717) is 51.3 Å². The van der Waals surface area contributed by atoms with E-state index < -0.39 is 15.4 Å². The van der Waals surface area contributed by atoms with Gasteiger partial charge in [-0.2, -0.15) is 0 Å². The Hall–Kier alpha value is -2.29. The molecule has 2 rings (SSSR count). The summed E-state index contributed by atoms with van der Waals surface area (Å²) in [5.41, 5.74) is -0.530. The fourth-order valence-electron chi connectivity index (χ4n) is 3.34. The summed E-state index contributed by atoms with van der Waals surface area (Å²) in [4.78, 5) is 28.4. The third-order valence-corrected chi connectivity index (χ3v) is 6.12. The number of carbonyl (C=O) groups is 2. The first-order chi connectivity index (χ1) is 14.4. The van der Waals surface area contributed by atoms with Crippen LogP contribution in [0.15, 0.2) is 29.2 Å². The molecule has 0 unspecified atom stereocenters. The van der Waals surface area contributed by atoms with Gasteiger partial charge >= 0.3 is 6.09 Å². The number of nitrogens with zero attached hydrogens (tertiary/aromatic N) is 2. The lowest BCUT2D eigenvalue weighted by molar-refractivity contribution is -0.135. The topological polar surface area (TPSA) is 93.2 Å². The van der Waals surface area contributed by atoms with Crippen molar-refractivity contribution >= 4 is 21.8 Å². The van der Waals surface area contributed by atoms with Gasteiger partial charge < -0.3 is 19.3 Å². The minimum absolute atomic E-state index is 0.0721. The minimum atomic E-state index is -3.28. The Balaban J connectivity index is 1.73. The van der Waals surface area contributed by atoms with Crippen molar-refractivity contribution in [1.29, 1.82) is 0 Å². The second-order valence-corrected chi connectivity index (χ2v) is 11.0. The number of sulfone groups is 1. The largest absolute Gasteiger partial charge is 0.493 e.